The van der Waals surface area contributed by atoms with E-state index in [0.717, 1.165) is 18.4 Å². The Bertz CT molecular complexity index is 925. The highest BCUT2D eigenvalue weighted by atomic mass is 16.6. The lowest BCUT2D eigenvalue weighted by molar-refractivity contribution is -0.143. The first-order valence-corrected chi connectivity index (χ1v) is 12.4. The first kappa shape index (κ1) is 30.7. The van der Waals surface area contributed by atoms with Gasteiger partial charge in [0.25, 0.3) is 0 Å². The molecule has 9 heteroatoms. The van der Waals surface area contributed by atoms with E-state index in [0.29, 0.717) is 12.0 Å². The van der Waals surface area contributed by atoms with Gasteiger partial charge in [-0.3, -0.25) is 14.4 Å². The third kappa shape index (κ3) is 10.1. The summed E-state index contributed by atoms with van der Waals surface area (Å²) in [5, 5.41) is 5.47. The van der Waals surface area contributed by atoms with Crippen molar-refractivity contribution in [1.29, 1.82) is 0 Å². The lowest BCUT2D eigenvalue weighted by atomic mass is 9.99. The normalized spacial score (nSPS) is 13.6. The van der Waals surface area contributed by atoms with Crippen molar-refractivity contribution in [2.45, 2.75) is 91.0 Å². The molecular weight excluding hydrogens is 460 g/mol. The minimum Gasteiger partial charge on any atom is -0.444 e. The summed E-state index contributed by atoms with van der Waals surface area (Å²) in [4.78, 5) is 53.0. The van der Waals surface area contributed by atoms with Crippen molar-refractivity contribution >= 4 is 29.9 Å². The molecule has 200 valence electrons. The largest absolute Gasteiger partial charge is 0.444 e. The van der Waals surface area contributed by atoms with Crippen molar-refractivity contribution in [2.75, 3.05) is 6.54 Å². The van der Waals surface area contributed by atoms with Crippen LogP contribution in [0.3, 0.4) is 0 Å². The zero-order valence-corrected chi connectivity index (χ0v) is 22.4. The quantitative estimate of drug-likeness (QED) is 0.379. The number of nitrogens with zero attached hydrogens (tertiary/aromatic N) is 1. The Hall–Kier alpha value is -3.36. The van der Waals surface area contributed by atoms with Gasteiger partial charge in [0.2, 0.25) is 17.7 Å². The zero-order chi connectivity index (χ0) is 27.5. The Balaban J connectivity index is 3.49. The Morgan fingerprint density at radius 2 is 1.81 bits per heavy atom. The molecule has 0 heterocycles. The van der Waals surface area contributed by atoms with E-state index in [1.807, 2.05) is 26.8 Å². The smallest absolute Gasteiger partial charge is 0.408 e. The monoisotopic (exact) mass is 502 g/mol. The summed E-state index contributed by atoms with van der Waals surface area (Å²) in [5.74, 6) is -1.73. The number of ether oxygens (including phenoxy) is 1. The van der Waals surface area contributed by atoms with Crippen molar-refractivity contribution in [2.24, 2.45) is 5.73 Å². The maximum atomic E-state index is 13.8. The van der Waals surface area contributed by atoms with Crippen LogP contribution >= 0.6 is 0 Å². The number of hydrogen-bond donors (Lipinski definition) is 3. The number of nitrogens with two attached hydrogens (primary N) is 1. The van der Waals surface area contributed by atoms with Gasteiger partial charge < -0.3 is 26.0 Å². The highest BCUT2D eigenvalue weighted by molar-refractivity contribution is 5.94. The van der Waals surface area contributed by atoms with Gasteiger partial charge in [-0.25, -0.2) is 4.79 Å². The predicted molar refractivity (Wildman–Crippen MR) is 141 cm³/mol. The molecule has 9 nitrogen and oxygen atoms in total. The molecule has 0 aliphatic heterocycles. The molecule has 0 saturated carbocycles. The summed E-state index contributed by atoms with van der Waals surface area (Å²) in [6, 6.07) is 4.80. The van der Waals surface area contributed by atoms with E-state index in [9.17, 15) is 19.2 Å². The fourth-order valence-electron chi connectivity index (χ4n) is 3.81. The van der Waals surface area contributed by atoms with E-state index >= 15 is 0 Å². The van der Waals surface area contributed by atoms with Crippen LogP contribution in [0.25, 0.3) is 6.08 Å². The first-order valence-electron chi connectivity index (χ1n) is 12.4. The van der Waals surface area contributed by atoms with Crippen LogP contribution in [0.2, 0.25) is 0 Å². The molecule has 3 atom stereocenters. The van der Waals surface area contributed by atoms with Crippen molar-refractivity contribution in [3.05, 3.63) is 42.0 Å². The Morgan fingerprint density at radius 3 is 2.33 bits per heavy atom. The highest BCUT2D eigenvalue weighted by Gasteiger charge is 2.37. The molecule has 0 spiro atoms. The molecule has 0 aliphatic rings. The number of primary amides is 1. The van der Waals surface area contributed by atoms with Crippen LogP contribution < -0.4 is 16.4 Å². The van der Waals surface area contributed by atoms with Crippen LogP contribution in [0.1, 0.15) is 84.4 Å². The summed E-state index contributed by atoms with van der Waals surface area (Å²) in [6.07, 6.45) is 2.56. The molecule has 3 unspecified atom stereocenters. The van der Waals surface area contributed by atoms with Crippen LogP contribution in [0.4, 0.5) is 4.79 Å². The molecule has 1 rings (SSSR count). The van der Waals surface area contributed by atoms with Gasteiger partial charge in [0, 0.05) is 12.6 Å². The fraction of sp³-hybridized carbons (Fsp3) is 0.556. The molecule has 1 aromatic carbocycles. The van der Waals surface area contributed by atoms with Gasteiger partial charge in [-0.2, -0.15) is 0 Å². The zero-order valence-electron chi connectivity index (χ0n) is 22.4. The van der Waals surface area contributed by atoms with Gasteiger partial charge in [0.1, 0.15) is 17.7 Å². The van der Waals surface area contributed by atoms with Gasteiger partial charge in [-0.05, 0) is 57.7 Å². The number of hydrogen-bond acceptors (Lipinski definition) is 5. The molecule has 0 radical (unpaired) electrons. The molecule has 4 amide bonds. The Kier molecular flexibility index (Phi) is 12.1. The minimum absolute atomic E-state index is 0.104. The number of carbonyl (C=O) groups is 4. The summed E-state index contributed by atoms with van der Waals surface area (Å²) < 4.78 is 5.28. The fourth-order valence-corrected chi connectivity index (χ4v) is 3.81. The molecule has 0 aromatic heterocycles. The van der Waals surface area contributed by atoms with E-state index in [2.05, 4.69) is 17.2 Å². The standard InChI is InChI=1S/C27H42N4O5/c1-8-12-18(4)29-24(33)23(20-14-11-13-19(10-3)16-20)31(15-9-2)25(34)21(17-22(28)32)30-26(35)36-27(5,6)7/h10-11,13-14,16,18,21,23H,3,8-9,12,15,17H2,1-2,4-7H3,(H2,28,32)(H,29,33)(H,30,35). The van der Waals surface area contributed by atoms with E-state index in [1.165, 1.54) is 4.90 Å². The topological polar surface area (TPSA) is 131 Å². The van der Waals surface area contributed by atoms with E-state index < -0.39 is 42.0 Å². The van der Waals surface area contributed by atoms with Crippen molar-refractivity contribution in [3.63, 3.8) is 0 Å². The summed E-state index contributed by atoms with van der Waals surface area (Å²) in [5.41, 5.74) is 5.97. The molecule has 1 aromatic rings. The van der Waals surface area contributed by atoms with Crippen LogP contribution in [0, 0.1) is 0 Å². The summed E-state index contributed by atoms with van der Waals surface area (Å²) >= 11 is 0. The van der Waals surface area contributed by atoms with E-state index in [4.69, 9.17) is 10.5 Å². The maximum Gasteiger partial charge on any atom is 0.408 e. The molecular formula is C27H42N4O5. The molecule has 36 heavy (non-hydrogen) atoms. The van der Waals surface area contributed by atoms with E-state index in [-0.39, 0.29) is 18.5 Å². The average Bonchev–Trinajstić information content (AvgIpc) is 2.76. The molecule has 0 aliphatic carbocycles. The minimum atomic E-state index is -1.30. The summed E-state index contributed by atoms with van der Waals surface area (Å²) in [6.45, 7) is 14.9. The number of amides is 4. The van der Waals surface area contributed by atoms with Crippen molar-refractivity contribution in [3.8, 4) is 0 Å². The first-order chi connectivity index (χ1) is 16.8. The van der Waals surface area contributed by atoms with Crippen LogP contribution in [0.5, 0.6) is 0 Å². The van der Waals surface area contributed by atoms with Crippen LogP contribution in [-0.4, -0.2) is 52.9 Å². The summed E-state index contributed by atoms with van der Waals surface area (Å²) in [7, 11) is 0. The van der Waals surface area contributed by atoms with Gasteiger partial charge in [0.15, 0.2) is 0 Å². The van der Waals surface area contributed by atoms with Gasteiger partial charge in [-0.1, -0.05) is 51.1 Å². The van der Waals surface area contributed by atoms with E-state index in [1.54, 1.807) is 45.0 Å². The second-order valence-electron chi connectivity index (χ2n) is 9.88. The second kappa shape index (κ2) is 14.3. The van der Waals surface area contributed by atoms with Crippen molar-refractivity contribution in [1.82, 2.24) is 15.5 Å². The second-order valence-corrected chi connectivity index (χ2v) is 9.88. The lowest BCUT2D eigenvalue weighted by Crippen LogP contribution is -2.54. The van der Waals surface area contributed by atoms with Gasteiger partial charge >= 0.3 is 6.09 Å². The molecule has 0 bridgehead atoms. The number of alkyl carbamates (subject to hydrolysis) is 1. The molecule has 0 saturated heterocycles. The highest BCUT2D eigenvalue weighted by Crippen LogP contribution is 2.25. The number of rotatable bonds is 13. The van der Waals surface area contributed by atoms with Gasteiger partial charge in [0.05, 0.1) is 6.42 Å². The van der Waals surface area contributed by atoms with Crippen LogP contribution in [0.15, 0.2) is 30.8 Å². The molecule has 0 fully saturated rings. The third-order valence-electron chi connectivity index (χ3n) is 5.27. The van der Waals surface area contributed by atoms with Crippen LogP contribution in [-0.2, 0) is 19.1 Å². The SMILES string of the molecule is C=Cc1cccc(C(C(=O)NC(C)CCC)N(CCC)C(=O)C(CC(N)=O)NC(=O)OC(C)(C)C)c1. The Labute approximate surface area is 214 Å². The number of nitrogens with one attached hydrogen (secondary N) is 2. The maximum absolute atomic E-state index is 13.8. The number of carbonyl (C=O) groups excluding carboxylic acids is 4. The lowest BCUT2D eigenvalue weighted by Gasteiger charge is -2.34. The third-order valence-corrected chi connectivity index (χ3v) is 5.27. The Morgan fingerprint density at radius 1 is 1.14 bits per heavy atom. The molecule has 4 N–H and O–H groups in total. The average molecular weight is 503 g/mol. The van der Waals surface area contributed by atoms with Crippen molar-refractivity contribution < 1.29 is 23.9 Å². The predicted octanol–water partition coefficient (Wildman–Crippen LogP) is 3.68. The number of benzene rings is 1. The van der Waals surface area contributed by atoms with Gasteiger partial charge in [-0.15, -0.1) is 0 Å².